The summed E-state index contributed by atoms with van der Waals surface area (Å²) in [6.07, 6.45) is 0.386. The topological polar surface area (TPSA) is 282 Å². The van der Waals surface area contributed by atoms with E-state index in [0.29, 0.717) is 17.2 Å². The fraction of sp³-hybridized carbons (Fsp3) is 0.146. The molecular weight excluding hydrogens is 927 g/mol. The van der Waals surface area contributed by atoms with Crippen molar-refractivity contribution in [1.82, 2.24) is 15.0 Å². The van der Waals surface area contributed by atoms with Crippen LogP contribution in [0.5, 0.6) is 0 Å². The highest BCUT2D eigenvalue weighted by Crippen LogP contribution is 2.37. The van der Waals surface area contributed by atoms with Crippen molar-refractivity contribution >= 4 is 84.8 Å². The zero-order valence-electron chi connectivity index (χ0n) is 34.4. The van der Waals surface area contributed by atoms with Crippen LogP contribution in [0.2, 0.25) is 0 Å². The van der Waals surface area contributed by atoms with Crippen molar-refractivity contribution in [3.05, 3.63) is 142 Å². The minimum absolute atomic E-state index is 0.0232. The number of nitrogens with zero attached hydrogens (tertiary/aromatic N) is 6. The van der Waals surface area contributed by atoms with Gasteiger partial charge in [0.15, 0.2) is 0 Å². The molecule has 1 N–H and O–H groups in total. The van der Waals surface area contributed by atoms with E-state index in [-0.39, 0.29) is 71.2 Å². The van der Waals surface area contributed by atoms with Crippen LogP contribution in [-0.4, -0.2) is 77.1 Å². The lowest BCUT2D eigenvalue weighted by atomic mass is 10.1. The summed E-state index contributed by atoms with van der Waals surface area (Å²) in [4.78, 5) is 22.6. The Balaban J connectivity index is 1.07. The lowest BCUT2D eigenvalue weighted by Gasteiger charge is -2.11. The highest BCUT2D eigenvalue weighted by atomic mass is 32.2. The Labute approximate surface area is 372 Å². The van der Waals surface area contributed by atoms with Crippen molar-refractivity contribution in [2.75, 3.05) is 28.4 Å². The molecule has 0 spiro atoms. The molecular formula is C41H35N7O13S4. The molecule has 1 aromatic heterocycles. The van der Waals surface area contributed by atoms with E-state index in [1.165, 1.54) is 60.7 Å². The number of hydrogen-bond donors (Lipinski definition) is 1. The summed E-state index contributed by atoms with van der Waals surface area (Å²) in [7, 11) is -13.1. The number of hydrogen-bond acceptors (Lipinski definition) is 19. The first-order valence-corrected chi connectivity index (χ1v) is 24.3. The largest absolute Gasteiger partial charge is 0.348 e. The number of benzene rings is 6. The number of aromatic nitrogens is 3. The van der Waals surface area contributed by atoms with Crippen LogP contribution in [0, 0.1) is 0 Å². The summed E-state index contributed by atoms with van der Waals surface area (Å²) in [5.74, 6) is 0.566. The molecule has 6 aromatic carbocycles. The maximum absolute atomic E-state index is 12.8. The van der Waals surface area contributed by atoms with Crippen molar-refractivity contribution in [1.29, 1.82) is 0 Å². The minimum atomic E-state index is -4.30. The molecule has 7 aromatic rings. The Hall–Kier alpha value is -6.51. The third kappa shape index (κ3) is 10.2. The van der Waals surface area contributed by atoms with E-state index >= 15 is 0 Å². The van der Waals surface area contributed by atoms with Crippen molar-refractivity contribution < 1.29 is 50.4 Å². The van der Waals surface area contributed by atoms with Gasteiger partial charge in [-0.3, -0.25) is 21.7 Å². The molecule has 20 nitrogen and oxygen atoms in total. The van der Waals surface area contributed by atoms with Crippen molar-refractivity contribution in [3.8, 4) is 0 Å². The number of rotatable bonds is 16. The summed E-state index contributed by atoms with van der Waals surface area (Å²) >= 11 is 0. The summed E-state index contributed by atoms with van der Waals surface area (Å²) in [5, 5.41) is 17.0. The third-order valence-electron chi connectivity index (χ3n) is 9.67. The molecule has 0 amide bonds. The number of azo groups is 2. The molecule has 65 heavy (non-hydrogen) atoms. The minimum Gasteiger partial charge on any atom is -0.294 e. The molecule has 0 radical (unpaired) electrons. The van der Waals surface area contributed by atoms with Crippen LogP contribution < -0.4 is 5.69 Å². The van der Waals surface area contributed by atoms with Crippen LogP contribution in [-0.2, 0) is 70.0 Å². The van der Waals surface area contributed by atoms with Gasteiger partial charge in [-0.25, -0.2) is 9.78 Å². The fourth-order valence-electron chi connectivity index (χ4n) is 6.55. The van der Waals surface area contributed by atoms with Gasteiger partial charge in [-0.15, -0.1) is 0 Å². The maximum Gasteiger partial charge on any atom is 0.348 e. The lowest BCUT2D eigenvalue weighted by molar-refractivity contribution is 0.397. The van der Waals surface area contributed by atoms with Gasteiger partial charge in [-0.1, -0.05) is 48.5 Å². The van der Waals surface area contributed by atoms with Crippen LogP contribution in [0.25, 0.3) is 21.5 Å². The van der Waals surface area contributed by atoms with Crippen molar-refractivity contribution in [2.24, 2.45) is 20.5 Å². The van der Waals surface area contributed by atoms with Gasteiger partial charge in [0.1, 0.15) is 31.2 Å². The average Bonchev–Trinajstić information content (AvgIpc) is 3.29. The maximum atomic E-state index is 12.8. The van der Waals surface area contributed by atoms with Crippen LogP contribution in [0.1, 0.15) is 22.8 Å². The number of nitrogens with one attached hydrogen (secondary N) is 1. The highest BCUT2D eigenvalue weighted by Gasteiger charge is 2.25. The molecule has 0 bridgehead atoms. The van der Waals surface area contributed by atoms with Gasteiger partial charge in [0, 0.05) is 34.4 Å². The standard InChI is InChI=1S/C41H35N7O13S4/c1-58-62(50,51)35-9-5-7-31-33(35)21-29(23-37(31)64(54,55)60-3)47-45-27-15-11-25(12-16-27)19-39-42-40(44-41(49)43-39)20-26-13-17-28(18-14-26)46-48-30-22-34-32(38(24-30)65(56,57)61-4)8-6-10-36(34)63(52,53)59-2/h5-18,21-24H,19-20H2,1-4H3,(H,42,43,44,49). The molecule has 0 unspecified atom stereocenters. The predicted molar refractivity (Wildman–Crippen MR) is 234 cm³/mol. The van der Waals surface area contributed by atoms with Gasteiger partial charge < -0.3 is 0 Å². The molecule has 0 aliphatic heterocycles. The Morgan fingerprint density at radius 2 is 0.831 bits per heavy atom. The second-order valence-corrected chi connectivity index (χ2v) is 20.4. The Kier molecular flexibility index (Phi) is 13.3. The fourth-order valence-corrected chi connectivity index (χ4v) is 10.1. The number of fused-ring (bicyclic) bond motifs is 2. The first-order valence-electron chi connectivity index (χ1n) is 18.7. The zero-order chi connectivity index (χ0) is 46.7. The molecule has 0 aliphatic rings. The van der Waals surface area contributed by atoms with Crippen LogP contribution >= 0.6 is 0 Å². The summed E-state index contributed by atoms with van der Waals surface area (Å²) < 4.78 is 121. The zero-order valence-corrected chi connectivity index (χ0v) is 37.7. The molecule has 0 saturated carbocycles. The first-order chi connectivity index (χ1) is 30.9. The van der Waals surface area contributed by atoms with Crippen molar-refractivity contribution in [2.45, 2.75) is 32.4 Å². The number of H-pyrrole nitrogens is 1. The van der Waals surface area contributed by atoms with Crippen LogP contribution in [0.15, 0.2) is 154 Å². The highest BCUT2D eigenvalue weighted by molar-refractivity contribution is 7.88. The van der Waals surface area contributed by atoms with E-state index in [2.05, 4.69) is 43.8 Å². The van der Waals surface area contributed by atoms with Gasteiger partial charge in [0.05, 0.1) is 51.2 Å². The third-order valence-corrected chi connectivity index (χ3v) is 15.0. The Morgan fingerprint density at radius 3 is 1.25 bits per heavy atom. The first kappa shape index (κ1) is 46.5. The van der Waals surface area contributed by atoms with E-state index in [0.717, 1.165) is 39.6 Å². The normalized spacial score (nSPS) is 12.8. The Bertz CT molecular complexity index is 3340. The van der Waals surface area contributed by atoms with Gasteiger partial charge in [-0.05, 0) is 71.8 Å². The molecule has 336 valence electrons. The van der Waals surface area contributed by atoms with E-state index in [9.17, 15) is 38.5 Å². The van der Waals surface area contributed by atoms with E-state index in [1.54, 1.807) is 48.5 Å². The van der Waals surface area contributed by atoms with Gasteiger partial charge >= 0.3 is 5.69 Å². The monoisotopic (exact) mass is 961 g/mol. The van der Waals surface area contributed by atoms with E-state index in [1.807, 2.05) is 0 Å². The van der Waals surface area contributed by atoms with E-state index in [4.69, 9.17) is 8.37 Å². The molecule has 24 heteroatoms. The molecule has 0 fully saturated rings. The second kappa shape index (κ2) is 18.5. The second-order valence-electron chi connectivity index (χ2n) is 13.7. The van der Waals surface area contributed by atoms with Crippen LogP contribution in [0.4, 0.5) is 22.7 Å². The summed E-state index contributed by atoms with van der Waals surface area (Å²) in [6.45, 7) is 0. The summed E-state index contributed by atoms with van der Waals surface area (Å²) in [5.41, 5.74) is 1.63. The lowest BCUT2D eigenvalue weighted by Crippen LogP contribution is -2.18. The quantitative estimate of drug-likeness (QED) is 0.0768. The molecule has 1 heterocycles. The summed E-state index contributed by atoms with van der Waals surface area (Å²) in [6, 6.07) is 26.8. The van der Waals surface area contributed by atoms with Gasteiger partial charge in [0.2, 0.25) is 0 Å². The Morgan fingerprint density at radius 1 is 0.446 bits per heavy atom. The van der Waals surface area contributed by atoms with Crippen LogP contribution in [0.3, 0.4) is 0 Å². The molecule has 0 atom stereocenters. The number of aromatic amines is 1. The predicted octanol–water partition coefficient (Wildman–Crippen LogP) is 6.82. The smallest absolute Gasteiger partial charge is 0.294 e. The SMILES string of the molecule is COS(=O)(=O)c1cc(N=Nc2ccc(Cc3nc(Cc4ccc(N=Nc5cc(S(=O)(=O)OC)c6cccc(S(=O)(=O)OC)c6c5)cc4)[nH]c(=O)n3)cc2)cc2c(S(=O)(=O)OC)cccc12. The van der Waals surface area contributed by atoms with Crippen molar-refractivity contribution in [3.63, 3.8) is 0 Å². The molecule has 0 saturated heterocycles. The average molecular weight is 962 g/mol. The molecule has 7 rings (SSSR count). The molecule has 0 aliphatic carbocycles. The van der Waals surface area contributed by atoms with Gasteiger partial charge in [-0.2, -0.15) is 59.1 Å². The van der Waals surface area contributed by atoms with E-state index < -0.39 is 46.2 Å². The van der Waals surface area contributed by atoms with Gasteiger partial charge in [0.25, 0.3) is 40.5 Å².